The van der Waals surface area contributed by atoms with E-state index in [0.717, 1.165) is 19.3 Å². The summed E-state index contributed by atoms with van der Waals surface area (Å²) in [4.78, 5) is 12.3. The van der Waals surface area contributed by atoms with Crippen molar-refractivity contribution in [3.05, 3.63) is 0 Å². The number of hydrogen-bond acceptors (Lipinski definition) is 3. The van der Waals surface area contributed by atoms with E-state index in [1.54, 1.807) is 0 Å². The van der Waals surface area contributed by atoms with Crippen LogP contribution in [0, 0.1) is 11.3 Å². The Hall–Kier alpha value is -0.610. The summed E-state index contributed by atoms with van der Waals surface area (Å²) in [6, 6.07) is 0.207. The van der Waals surface area contributed by atoms with Gasteiger partial charge in [0.25, 0.3) is 0 Å². The minimum Gasteiger partial charge on any atom is -0.381 e. The van der Waals surface area contributed by atoms with E-state index in [9.17, 15) is 4.79 Å². The number of ether oxygens (including phenoxy) is 1. The van der Waals surface area contributed by atoms with E-state index in [1.165, 1.54) is 0 Å². The van der Waals surface area contributed by atoms with E-state index in [4.69, 9.17) is 10.5 Å². The number of carbonyl (C=O) groups is 1. The van der Waals surface area contributed by atoms with Gasteiger partial charge >= 0.3 is 0 Å². The summed E-state index contributed by atoms with van der Waals surface area (Å²) in [5.74, 6) is 0.602. The van der Waals surface area contributed by atoms with Crippen molar-refractivity contribution in [3.8, 4) is 0 Å². The molecule has 4 heteroatoms. The number of hydrogen-bond donors (Lipinski definition) is 2. The highest BCUT2D eigenvalue weighted by molar-refractivity contribution is 5.83. The van der Waals surface area contributed by atoms with Crippen LogP contribution in [-0.4, -0.2) is 31.7 Å². The second-order valence-corrected chi connectivity index (χ2v) is 5.24. The number of carbonyl (C=O) groups excluding carboxylic acids is 1. The van der Waals surface area contributed by atoms with Gasteiger partial charge in [-0.05, 0) is 25.7 Å². The van der Waals surface area contributed by atoms with Crippen LogP contribution in [0.3, 0.4) is 0 Å². The minimum absolute atomic E-state index is 0.108. The second-order valence-electron chi connectivity index (χ2n) is 5.24. The third-order valence-corrected chi connectivity index (χ3v) is 4.18. The van der Waals surface area contributed by atoms with Gasteiger partial charge in [0.1, 0.15) is 0 Å². The summed E-state index contributed by atoms with van der Waals surface area (Å²) in [5, 5.41) is 3.12. The molecule has 0 saturated carbocycles. The number of amides is 1. The van der Waals surface area contributed by atoms with E-state index in [0.29, 0.717) is 25.7 Å². The largest absolute Gasteiger partial charge is 0.381 e. The van der Waals surface area contributed by atoms with Crippen molar-refractivity contribution in [2.45, 2.75) is 46.1 Å². The highest BCUT2D eigenvalue weighted by Crippen LogP contribution is 2.29. The Labute approximate surface area is 104 Å². The van der Waals surface area contributed by atoms with E-state index in [1.807, 2.05) is 0 Å². The summed E-state index contributed by atoms with van der Waals surface area (Å²) < 4.78 is 5.31. The lowest BCUT2D eigenvalue weighted by Crippen LogP contribution is -2.52. The van der Waals surface area contributed by atoms with Crippen LogP contribution in [-0.2, 0) is 9.53 Å². The number of nitrogens with two attached hydrogens (primary N) is 1. The molecule has 0 aromatic carbocycles. The van der Waals surface area contributed by atoms with Crippen LogP contribution in [0.2, 0.25) is 0 Å². The van der Waals surface area contributed by atoms with Crippen molar-refractivity contribution in [2.75, 3.05) is 19.8 Å². The van der Waals surface area contributed by atoms with E-state index < -0.39 is 5.41 Å². The molecule has 17 heavy (non-hydrogen) atoms. The first kappa shape index (κ1) is 14.5. The topological polar surface area (TPSA) is 64.4 Å². The Bertz CT molecular complexity index is 250. The van der Waals surface area contributed by atoms with Crippen LogP contribution < -0.4 is 11.1 Å². The molecule has 0 aromatic rings. The molecule has 0 bridgehead atoms. The van der Waals surface area contributed by atoms with Crippen molar-refractivity contribution in [1.82, 2.24) is 5.32 Å². The van der Waals surface area contributed by atoms with Gasteiger partial charge in [-0.1, -0.05) is 20.3 Å². The zero-order chi connectivity index (χ0) is 12.9. The molecule has 1 amide bonds. The molecular formula is C13H26N2O2. The fourth-order valence-corrected chi connectivity index (χ4v) is 2.14. The molecule has 1 aliphatic heterocycles. The Morgan fingerprint density at radius 2 is 2.00 bits per heavy atom. The Morgan fingerprint density at radius 3 is 2.47 bits per heavy atom. The number of rotatable bonds is 5. The van der Waals surface area contributed by atoms with Crippen LogP contribution in [0.25, 0.3) is 0 Å². The van der Waals surface area contributed by atoms with Gasteiger partial charge in [-0.15, -0.1) is 0 Å². The normalized spacial score (nSPS) is 22.8. The maximum absolute atomic E-state index is 12.3. The summed E-state index contributed by atoms with van der Waals surface area (Å²) >= 11 is 0. The van der Waals surface area contributed by atoms with Gasteiger partial charge in [-0.25, -0.2) is 0 Å². The molecule has 1 fully saturated rings. The lowest BCUT2D eigenvalue weighted by molar-refractivity contribution is -0.136. The van der Waals surface area contributed by atoms with Crippen molar-refractivity contribution < 1.29 is 9.53 Å². The first-order chi connectivity index (χ1) is 8.05. The zero-order valence-corrected chi connectivity index (χ0v) is 11.3. The maximum atomic E-state index is 12.3. The third kappa shape index (κ3) is 3.42. The summed E-state index contributed by atoms with van der Waals surface area (Å²) in [6.45, 7) is 8.06. The molecule has 2 unspecified atom stereocenters. The highest BCUT2D eigenvalue weighted by Gasteiger charge is 2.39. The predicted molar refractivity (Wildman–Crippen MR) is 68.6 cm³/mol. The van der Waals surface area contributed by atoms with Crippen LogP contribution in [0.15, 0.2) is 0 Å². The lowest BCUT2D eigenvalue weighted by Gasteiger charge is -2.36. The molecule has 0 radical (unpaired) electrons. The molecule has 1 heterocycles. The molecule has 1 saturated heterocycles. The summed E-state index contributed by atoms with van der Waals surface area (Å²) in [5.41, 5.74) is 5.40. The van der Waals surface area contributed by atoms with Gasteiger partial charge in [-0.2, -0.15) is 0 Å². The first-order valence-corrected chi connectivity index (χ1v) is 6.64. The predicted octanol–water partition coefficient (Wildman–Crippen LogP) is 1.29. The van der Waals surface area contributed by atoms with Crippen LogP contribution in [0.4, 0.5) is 0 Å². The zero-order valence-electron chi connectivity index (χ0n) is 11.3. The third-order valence-electron chi connectivity index (χ3n) is 4.18. The monoisotopic (exact) mass is 242 g/mol. The van der Waals surface area contributed by atoms with Gasteiger partial charge in [0.2, 0.25) is 5.91 Å². The lowest BCUT2D eigenvalue weighted by atomic mass is 9.79. The molecule has 0 aromatic heterocycles. The summed E-state index contributed by atoms with van der Waals surface area (Å²) in [6.07, 6.45) is 2.55. The quantitative estimate of drug-likeness (QED) is 0.763. The Morgan fingerprint density at radius 1 is 1.41 bits per heavy atom. The van der Waals surface area contributed by atoms with Crippen LogP contribution in [0.5, 0.6) is 0 Å². The van der Waals surface area contributed by atoms with Crippen molar-refractivity contribution in [2.24, 2.45) is 17.1 Å². The average Bonchev–Trinajstić information content (AvgIpc) is 2.38. The maximum Gasteiger partial charge on any atom is 0.227 e. The smallest absolute Gasteiger partial charge is 0.227 e. The molecule has 1 rings (SSSR count). The Balaban J connectivity index is 2.60. The molecule has 1 aliphatic rings. The van der Waals surface area contributed by atoms with Crippen molar-refractivity contribution in [3.63, 3.8) is 0 Å². The molecule has 100 valence electrons. The second kappa shape index (κ2) is 6.36. The van der Waals surface area contributed by atoms with Gasteiger partial charge in [0.15, 0.2) is 0 Å². The van der Waals surface area contributed by atoms with E-state index >= 15 is 0 Å². The molecule has 2 atom stereocenters. The summed E-state index contributed by atoms with van der Waals surface area (Å²) in [7, 11) is 0. The van der Waals surface area contributed by atoms with Gasteiger partial charge < -0.3 is 15.8 Å². The molecule has 0 spiro atoms. The van der Waals surface area contributed by atoms with E-state index in [2.05, 4.69) is 26.1 Å². The first-order valence-electron chi connectivity index (χ1n) is 6.64. The number of nitrogens with one attached hydrogen (secondary N) is 1. The average molecular weight is 242 g/mol. The SMILES string of the molecule is CCC(C)C(C)NC(=O)C1(CN)CCOCC1. The van der Waals surface area contributed by atoms with Crippen molar-refractivity contribution in [1.29, 1.82) is 0 Å². The highest BCUT2D eigenvalue weighted by atomic mass is 16.5. The molecule has 3 N–H and O–H groups in total. The molecule has 4 nitrogen and oxygen atoms in total. The fourth-order valence-electron chi connectivity index (χ4n) is 2.14. The fraction of sp³-hybridized carbons (Fsp3) is 0.923. The van der Waals surface area contributed by atoms with Gasteiger partial charge in [-0.3, -0.25) is 4.79 Å². The van der Waals surface area contributed by atoms with Crippen LogP contribution in [0.1, 0.15) is 40.0 Å². The van der Waals surface area contributed by atoms with Gasteiger partial charge in [0, 0.05) is 25.8 Å². The van der Waals surface area contributed by atoms with Crippen molar-refractivity contribution >= 4 is 5.91 Å². The van der Waals surface area contributed by atoms with Gasteiger partial charge in [0.05, 0.1) is 5.41 Å². The minimum atomic E-state index is -0.403. The molecule has 0 aliphatic carbocycles. The molecular weight excluding hydrogens is 216 g/mol. The Kier molecular flexibility index (Phi) is 5.40. The standard InChI is InChI=1S/C13H26N2O2/c1-4-10(2)11(3)15-12(16)13(9-14)5-7-17-8-6-13/h10-11H,4-9,14H2,1-3H3,(H,15,16). The van der Waals surface area contributed by atoms with E-state index in [-0.39, 0.29) is 11.9 Å². The van der Waals surface area contributed by atoms with Crippen LogP contribution >= 0.6 is 0 Å².